The van der Waals surface area contributed by atoms with Crippen molar-refractivity contribution in [1.82, 2.24) is 5.16 Å². The molecule has 21 heavy (non-hydrogen) atoms. The van der Waals surface area contributed by atoms with Gasteiger partial charge in [0.2, 0.25) is 0 Å². The maximum atomic E-state index is 6.07. The highest BCUT2D eigenvalue weighted by atomic mass is 35.5. The molecule has 106 valence electrons. The van der Waals surface area contributed by atoms with Crippen LogP contribution in [0.5, 0.6) is 0 Å². The lowest BCUT2D eigenvalue weighted by Gasteiger charge is -2.07. The number of aryl methyl sites for hydroxylation is 2. The molecule has 0 amide bonds. The van der Waals surface area contributed by atoms with Gasteiger partial charge in [-0.1, -0.05) is 52.7 Å². The van der Waals surface area contributed by atoms with Crippen molar-refractivity contribution in [3.8, 4) is 22.5 Å². The first kappa shape index (κ1) is 13.7. The molecule has 3 nitrogen and oxygen atoms in total. The molecule has 0 fully saturated rings. The molecule has 1 heterocycles. The summed E-state index contributed by atoms with van der Waals surface area (Å²) in [6.45, 7) is 4.10. The van der Waals surface area contributed by atoms with E-state index < -0.39 is 0 Å². The second kappa shape index (κ2) is 5.26. The molecule has 2 aromatic carbocycles. The Morgan fingerprint density at radius 3 is 2.62 bits per heavy atom. The van der Waals surface area contributed by atoms with Gasteiger partial charge in [-0.05, 0) is 37.1 Å². The molecular weight excluding hydrogens is 284 g/mol. The highest BCUT2D eigenvalue weighted by Gasteiger charge is 2.19. The second-order valence-corrected chi connectivity index (χ2v) is 5.54. The lowest BCUT2D eigenvalue weighted by Crippen LogP contribution is -1.90. The second-order valence-electron chi connectivity index (χ2n) is 5.10. The number of halogens is 1. The van der Waals surface area contributed by atoms with Crippen LogP contribution < -0.4 is 5.73 Å². The largest absolute Gasteiger partial charge is 0.380 e. The van der Waals surface area contributed by atoms with Crippen molar-refractivity contribution in [3.63, 3.8) is 0 Å². The minimum atomic E-state index is 0.368. The minimum absolute atomic E-state index is 0.368. The number of rotatable bonds is 2. The highest BCUT2D eigenvalue weighted by Crippen LogP contribution is 2.38. The number of aromatic nitrogens is 1. The van der Waals surface area contributed by atoms with Crippen LogP contribution in [0.3, 0.4) is 0 Å². The molecule has 0 atom stereocenters. The van der Waals surface area contributed by atoms with Gasteiger partial charge in [-0.15, -0.1) is 0 Å². The van der Waals surface area contributed by atoms with Gasteiger partial charge in [0.15, 0.2) is 11.6 Å². The maximum Gasteiger partial charge on any atom is 0.177 e. The zero-order valence-electron chi connectivity index (χ0n) is 11.9. The number of nitrogens with two attached hydrogens (primary N) is 1. The fourth-order valence-electron chi connectivity index (χ4n) is 2.48. The molecule has 0 bridgehead atoms. The van der Waals surface area contributed by atoms with Gasteiger partial charge >= 0.3 is 0 Å². The van der Waals surface area contributed by atoms with Crippen LogP contribution in [0.1, 0.15) is 11.1 Å². The highest BCUT2D eigenvalue weighted by molar-refractivity contribution is 6.30. The average Bonchev–Trinajstić information content (AvgIpc) is 2.80. The smallest absolute Gasteiger partial charge is 0.177 e. The van der Waals surface area contributed by atoms with Crippen molar-refractivity contribution in [2.45, 2.75) is 13.8 Å². The van der Waals surface area contributed by atoms with Gasteiger partial charge in [0.1, 0.15) is 0 Å². The van der Waals surface area contributed by atoms with Crippen molar-refractivity contribution in [1.29, 1.82) is 0 Å². The van der Waals surface area contributed by atoms with Crippen LogP contribution >= 0.6 is 11.6 Å². The molecular formula is C17H15ClN2O. The quantitative estimate of drug-likeness (QED) is 0.735. The zero-order valence-corrected chi connectivity index (χ0v) is 12.6. The van der Waals surface area contributed by atoms with Crippen molar-refractivity contribution >= 4 is 17.4 Å². The van der Waals surface area contributed by atoms with Gasteiger partial charge in [0.25, 0.3) is 0 Å². The first-order chi connectivity index (χ1) is 10.1. The Hall–Kier alpha value is -2.26. The number of hydrogen-bond acceptors (Lipinski definition) is 3. The molecule has 0 saturated carbocycles. The van der Waals surface area contributed by atoms with Crippen LogP contribution in [0.4, 0.5) is 5.82 Å². The topological polar surface area (TPSA) is 52.0 Å². The summed E-state index contributed by atoms with van der Waals surface area (Å²) in [5, 5.41) is 4.57. The molecule has 3 rings (SSSR count). The zero-order chi connectivity index (χ0) is 15.0. The van der Waals surface area contributed by atoms with Crippen molar-refractivity contribution < 1.29 is 4.52 Å². The summed E-state index contributed by atoms with van der Waals surface area (Å²) in [4.78, 5) is 0. The molecule has 0 radical (unpaired) electrons. The van der Waals surface area contributed by atoms with Crippen LogP contribution in [-0.2, 0) is 0 Å². The molecule has 0 aliphatic rings. The Labute approximate surface area is 128 Å². The number of benzene rings is 2. The third-order valence-electron chi connectivity index (χ3n) is 3.46. The third kappa shape index (κ3) is 2.52. The Kier molecular flexibility index (Phi) is 3.43. The monoisotopic (exact) mass is 298 g/mol. The molecule has 0 spiro atoms. The average molecular weight is 299 g/mol. The van der Waals surface area contributed by atoms with Crippen LogP contribution in [0, 0.1) is 13.8 Å². The van der Waals surface area contributed by atoms with E-state index in [1.54, 1.807) is 0 Å². The van der Waals surface area contributed by atoms with Gasteiger partial charge in [-0.25, -0.2) is 0 Å². The fourth-order valence-corrected chi connectivity index (χ4v) is 2.67. The Morgan fingerprint density at radius 2 is 1.90 bits per heavy atom. The molecule has 0 unspecified atom stereocenters. The van der Waals surface area contributed by atoms with Crippen molar-refractivity contribution in [2.24, 2.45) is 0 Å². The third-order valence-corrected chi connectivity index (χ3v) is 3.69. The molecule has 2 N–H and O–H groups in total. The fraction of sp³-hybridized carbons (Fsp3) is 0.118. The predicted molar refractivity (Wildman–Crippen MR) is 86.3 cm³/mol. The van der Waals surface area contributed by atoms with E-state index >= 15 is 0 Å². The molecule has 0 aliphatic carbocycles. The normalized spacial score (nSPS) is 10.8. The van der Waals surface area contributed by atoms with Gasteiger partial charge in [-0.3, -0.25) is 0 Å². The Morgan fingerprint density at radius 1 is 1.10 bits per heavy atom. The van der Waals surface area contributed by atoms with E-state index in [-0.39, 0.29) is 0 Å². The summed E-state index contributed by atoms with van der Waals surface area (Å²) >= 11 is 6.07. The van der Waals surface area contributed by atoms with Crippen LogP contribution in [0.2, 0.25) is 5.02 Å². The molecule has 0 aliphatic heterocycles. The summed E-state index contributed by atoms with van der Waals surface area (Å²) in [5.41, 5.74) is 11.0. The van der Waals surface area contributed by atoms with E-state index in [2.05, 4.69) is 18.1 Å². The summed E-state index contributed by atoms with van der Waals surface area (Å²) in [5.74, 6) is 1.04. The summed E-state index contributed by atoms with van der Waals surface area (Å²) in [6, 6.07) is 13.7. The van der Waals surface area contributed by atoms with Crippen LogP contribution in [0.15, 0.2) is 47.0 Å². The predicted octanol–water partition coefficient (Wildman–Crippen LogP) is 4.86. The summed E-state index contributed by atoms with van der Waals surface area (Å²) in [6.07, 6.45) is 0. The van der Waals surface area contributed by atoms with E-state index in [0.717, 1.165) is 22.3 Å². The van der Waals surface area contributed by atoms with E-state index in [0.29, 0.717) is 16.6 Å². The summed E-state index contributed by atoms with van der Waals surface area (Å²) in [7, 11) is 0. The first-order valence-corrected chi connectivity index (χ1v) is 7.03. The van der Waals surface area contributed by atoms with Gasteiger partial charge in [0, 0.05) is 10.6 Å². The van der Waals surface area contributed by atoms with E-state index in [1.807, 2.05) is 43.3 Å². The first-order valence-electron chi connectivity index (χ1n) is 6.65. The molecule has 3 aromatic rings. The van der Waals surface area contributed by atoms with Gasteiger partial charge < -0.3 is 10.3 Å². The minimum Gasteiger partial charge on any atom is -0.380 e. The van der Waals surface area contributed by atoms with E-state index in [4.69, 9.17) is 21.9 Å². The summed E-state index contributed by atoms with van der Waals surface area (Å²) < 4.78 is 5.48. The SMILES string of the molecule is Cc1ccc(-c2onc(N)c2-c2cccc(Cl)c2)c(C)c1. The van der Waals surface area contributed by atoms with Crippen molar-refractivity contribution in [2.75, 3.05) is 5.73 Å². The number of anilines is 1. The molecule has 4 heteroatoms. The number of nitrogen functional groups attached to an aromatic ring is 1. The van der Waals surface area contributed by atoms with E-state index in [9.17, 15) is 0 Å². The van der Waals surface area contributed by atoms with Gasteiger partial charge in [0.05, 0.1) is 5.56 Å². The standard InChI is InChI=1S/C17H15ClN2O/c1-10-6-7-14(11(2)8-10)16-15(17(19)20-21-16)12-4-3-5-13(18)9-12/h3-9H,1-2H3,(H2,19,20). The number of nitrogens with zero attached hydrogens (tertiary/aromatic N) is 1. The van der Waals surface area contributed by atoms with Crippen LogP contribution in [-0.4, -0.2) is 5.16 Å². The van der Waals surface area contributed by atoms with Gasteiger partial charge in [-0.2, -0.15) is 0 Å². The number of hydrogen-bond donors (Lipinski definition) is 1. The lowest BCUT2D eigenvalue weighted by atomic mass is 9.97. The van der Waals surface area contributed by atoms with Crippen molar-refractivity contribution in [3.05, 3.63) is 58.6 Å². The molecule has 1 aromatic heterocycles. The van der Waals surface area contributed by atoms with E-state index in [1.165, 1.54) is 5.56 Å². The Bertz CT molecular complexity index is 808. The Balaban J connectivity index is 2.22. The lowest BCUT2D eigenvalue weighted by molar-refractivity contribution is 0.436. The van der Waals surface area contributed by atoms with Crippen LogP contribution in [0.25, 0.3) is 22.5 Å². The maximum absolute atomic E-state index is 6.07. The molecule has 0 saturated heterocycles.